The summed E-state index contributed by atoms with van der Waals surface area (Å²) in [6, 6.07) is 51.7. The molecule has 0 fully saturated rings. The first kappa shape index (κ1) is 115. The molecule has 0 heterocycles. The van der Waals surface area contributed by atoms with E-state index in [1.165, 1.54) is 46.2 Å². The number of nitrogen functional groups attached to an aromatic ring is 1. The van der Waals surface area contributed by atoms with E-state index in [-0.39, 0.29) is 157 Å². The van der Waals surface area contributed by atoms with E-state index >= 15 is 0 Å². The van der Waals surface area contributed by atoms with E-state index < -0.39 is 5.24 Å². The number of aryl methyl sites for hydroxylation is 4. The van der Waals surface area contributed by atoms with Crippen LogP contribution < -0.4 is 163 Å². The monoisotopic (exact) mass is 1700 g/mol. The van der Waals surface area contributed by atoms with Gasteiger partial charge in [0, 0.05) is 118 Å². The summed E-state index contributed by atoms with van der Waals surface area (Å²) >= 11 is 11.9. The predicted molar refractivity (Wildman–Crippen MR) is 464 cm³/mol. The summed E-state index contributed by atoms with van der Waals surface area (Å²) in [6.45, 7) is 65.5. The molecule has 0 radical (unpaired) electrons. The minimum atomic E-state index is -0.424. The number of carbonyl (C=O) groups is 4. The number of nitrogens with zero attached hydrogens (tertiary/aromatic N) is 4. The number of halogens is 3. The summed E-state index contributed by atoms with van der Waals surface area (Å²) in [5, 5.41) is 8.01. The van der Waals surface area contributed by atoms with E-state index in [0.717, 1.165) is 106 Å². The van der Waals surface area contributed by atoms with Crippen molar-refractivity contribution in [2.24, 2.45) is 53.3 Å². The van der Waals surface area contributed by atoms with Gasteiger partial charge in [0.2, 0.25) is 0 Å². The van der Waals surface area contributed by atoms with Crippen LogP contribution in [0.25, 0.3) is 0 Å². The molecule has 18 heteroatoms. The number of hydrogen-bond donors (Lipinski definition) is 1. The fourth-order valence-corrected chi connectivity index (χ4v) is 11.3. The van der Waals surface area contributed by atoms with Crippen LogP contribution in [-0.4, -0.2) is 81.1 Å². The fourth-order valence-electron chi connectivity index (χ4n) is 10.7. The van der Waals surface area contributed by atoms with Gasteiger partial charge in [-0.2, -0.15) is 20.8 Å². The Balaban J connectivity index is -0.000000310. The largest absolute Gasteiger partial charge is 1.00 e. The number of nitrogens with two attached hydrogens (primary N) is 1. The maximum absolute atomic E-state index is 13.3. The molecular formula is C91H136Br2ClK2N5NaO7-. The summed E-state index contributed by atoms with van der Waals surface area (Å²) < 4.78 is 1.92. The Morgan fingerprint density at radius 1 is 0.440 bits per heavy atom. The molecule has 0 aliphatic rings. The molecule has 109 heavy (non-hydrogen) atoms. The van der Waals surface area contributed by atoms with Gasteiger partial charge in [0.1, 0.15) is 0 Å². The van der Waals surface area contributed by atoms with Crippen molar-refractivity contribution in [2.75, 3.05) is 77.7 Å². The zero-order chi connectivity index (χ0) is 80.2. The molecule has 0 saturated heterocycles. The Kier molecular flexibility index (Phi) is 68.2. The van der Waals surface area contributed by atoms with Crippen molar-refractivity contribution in [2.45, 2.75) is 186 Å². The van der Waals surface area contributed by atoms with Gasteiger partial charge in [0.15, 0.2) is 11.6 Å². The Morgan fingerprint density at radius 2 is 0.688 bits per heavy atom. The summed E-state index contributed by atoms with van der Waals surface area (Å²) in [4.78, 5) is 57.7. The van der Waals surface area contributed by atoms with Crippen LogP contribution in [0, 0.1) is 86.9 Å². The molecule has 12 nitrogen and oxygen atoms in total. The first-order valence-corrected chi connectivity index (χ1v) is 39.6. The van der Waals surface area contributed by atoms with Crippen molar-refractivity contribution in [3.8, 4) is 0 Å². The predicted octanol–water partition coefficient (Wildman–Crippen LogP) is 15.1. The minimum Gasteiger partial charge on any atom is -1.00 e. The molecule has 0 aliphatic heterocycles. The number of hydrogen-bond acceptors (Lipinski definition) is 12. The zero-order valence-corrected chi connectivity index (χ0v) is 84.7. The van der Waals surface area contributed by atoms with Gasteiger partial charge in [-0.3, -0.25) is 19.2 Å². The molecule has 0 unspecified atom stereocenters. The van der Waals surface area contributed by atoms with Crippen LogP contribution in [0.4, 0.5) is 28.4 Å². The van der Waals surface area contributed by atoms with Gasteiger partial charge in [-0.15, -0.1) is 0 Å². The third-order valence-electron chi connectivity index (χ3n) is 15.3. The van der Waals surface area contributed by atoms with Crippen molar-refractivity contribution in [1.29, 1.82) is 0 Å². The second-order valence-electron chi connectivity index (χ2n) is 31.5. The molecule has 7 aromatic rings. The van der Waals surface area contributed by atoms with Crippen molar-refractivity contribution in [1.82, 2.24) is 0 Å². The average Bonchev–Trinajstić information content (AvgIpc) is 0.819. The molecule has 0 spiro atoms. The first-order valence-electron chi connectivity index (χ1n) is 37.6. The Labute approximate surface area is 793 Å². The number of rotatable bonds is 27. The Hall–Kier alpha value is -2.54. The molecular weight excluding hydrogens is 1570 g/mol. The maximum atomic E-state index is 13.3. The Morgan fingerprint density at radius 3 is 0.917 bits per heavy atom. The van der Waals surface area contributed by atoms with E-state index in [9.17, 15) is 14.4 Å². The van der Waals surface area contributed by atoms with E-state index in [2.05, 4.69) is 283 Å². The van der Waals surface area contributed by atoms with Crippen LogP contribution in [0.2, 0.25) is 0 Å². The number of anilines is 5. The molecule has 592 valence electrons. The summed E-state index contributed by atoms with van der Waals surface area (Å²) in [6.07, 6.45) is 1.31. The fraction of sp³-hybridized carbons (Fsp3) is 0.484. The van der Waals surface area contributed by atoms with Gasteiger partial charge in [0.05, 0.1) is 0 Å². The minimum absolute atomic E-state index is 0. The number of ketones is 2. The van der Waals surface area contributed by atoms with Gasteiger partial charge in [-0.25, -0.2) is 0 Å². The van der Waals surface area contributed by atoms with Gasteiger partial charge in [0.25, 0.3) is 11.7 Å². The Bertz CT molecular complexity index is 3490. The molecule has 0 amide bonds. The van der Waals surface area contributed by atoms with E-state index in [0.29, 0.717) is 52.9 Å². The zero-order valence-electron chi connectivity index (χ0n) is 73.5. The van der Waals surface area contributed by atoms with Crippen molar-refractivity contribution >= 4 is 95.2 Å². The quantitative estimate of drug-likeness (QED) is 0.00757. The number of carbonyl (C=O) groups excluding carboxylic acids is 4. The average molecular weight is 1710 g/mol. The molecule has 3 N–H and O–H groups in total. The normalized spacial score (nSPS) is 10.2. The second kappa shape index (κ2) is 64.6. The summed E-state index contributed by atoms with van der Waals surface area (Å²) in [5.74, 6) is 7.47. The third kappa shape index (κ3) is 54.1. The first-order chi connectivity index (χ1) is 49.1. The van der Waals surface area contributed by atoms with Crippen molar-refractivity contribution < 1.29 is 169 Å². The topological polar surface area (TPSA) is 170 Å². The second-order valence-corrected chi connectivity index (χ2v) is 33.7. The van der Waals surface area contributed by atoms with E-state index in [1.807, 2.05) is 86.6 Å². The van der Waals surface area contributed by atoms with Crippen LogP contribution in [0.15, 0.2) is 167 Å². The summed E-state index contributed by atoms with van der Waals surface area (Å²) in [7, 11) is 0. The molecule has 0 aliphatic carbocycles. The van der Waals surface area contributed by atoms with Crippen molar-refractivity contribution in [3.05, 3.63) is 223 Å². The molecule has 0 saturated carbocycles. The van der Waals surface area contributed by atoms with E-state index in [4.69, 9.17) is 27.4 Å². The standard InChI is InChI=1S/C30H46N2O.C22H28BrNO.C15H25N.C7H4BrClO.C7H9N.C5H12.C4H9.CH2O3.2K.Na.H2O.H/c1-21(2)17-31(18-22(3)4)27-12-10-26(11-13-27)30(33)29-15-14-28(16-25(29)9)32(19-23(5)6)20-24(7)8;1-15(2)13-24(14-16(3)4)20-10-11-21(17(5)12-20)22(25)18-6-8-19(23)9-7-18;1-12(2)10-16(11-13(3)4)15-8-6-7-14(5)9-15;8-6-3-1-5(2-4-6)7(9)10;1-6-3-2-4-7(8)5-6;1-4-5(2)3;1-4(2)3;2-1-4-3;;;;;/h10-16,21-24H,17-20H2,1-9H3;6-12,15-16H,13-14H2,1-5H3;6-9,12-13H,10-11H2,1-5H3;1-4H;2-5H,8H2,1H3;5H,4H2,1-3H3;1-3H3;1,3H;;;;1H2;/q;;;;;;-1;;3*+1;;-1/p-2. The van der Waals surface area contributed by atoms with Crippen LogP contribution >= 0.6 is 43.5 Å². The van der Waals surface area contributed by atoms with Gasteiger partial charge in [-0.1, -0.05) is 194 Å². The maximum Gasteiger partial charge on any atom is 1.00 e. The number of benzene rings is 7. The molecule has 0 bridgehead atoms. The molecule has 7 rings (SSSR count). The van der Waals surface area contributed by atoms with Crippen LogP contribution in [0.3, 0.4) is 0 Å². The SMILES string of the molecule is CCC(C)C.C[C-](C)C.Cc1cc(N(CC(C)C)CC(C)C)ccc1C(=O)c1ccc(Br)cc1.Cc1cc(N(CC(C)C)CC(C)C)ccc1C(=O)c1ccc(N(CC(C)C)CC(C)C)cc1.Cc1cccc(N(CC(C)C)CC(C)C)c1.Cc1cccc(N)c1.O=C(Cl)c1ccc(Br)cc1.O=CO[O-].[H-].[K+].[K+].[Na+].[OH-]. The third-order valence-corrected chi connectivity index (χ3v) is 16.5. The molecule has 0 atom stereocenters. The van der Waals surface area contributed by atoms with Gasteiger partial charge < -0.3 is 48.3 Å². The van der Waals surface area contributed by atoms with Crippen molar-refractivity contribution in [3.63, 3.8) is 0 Å². The summed E-state index contributed by atoms with van der Waals surface area (Å²) in [5.41, 5.74) is 19.5. The van der Waals surface area contributed by atoms with Gasteiger partial charge >= 0.3 is 132 Å². The van der Waals surface area contributed by atoms with Crippen LogP contribution in [0.1, 0.15) is 225 Å². The van der Waals surface area contributed by atoms with E-state index in [1.54, 1.807) is 24.3 Å². The molecule has 0 aromatic heterocycles. The van der Waals surface area contributed by atoms with Crippen LogP contribution in [-0.2, 0) is 9.68 Å². The molecule has 7 aromatic carbocycles. The van der Waals surface area contributed by atoms with Gasteiger partial charge in [-0.05, 0) is 248 Å². The van der Waals surface area contributed by atoms with Crippen LogP contribution in [0.5, 0.6) is 0 Å². The smallest absolute Gasteiger partial charge is 1.00 e.